The molecule has 0 radical (unpaired) electrons. The van der Waals surface area contributed by atoms with Crippen molar-refractivity contribution in [3.8, 4) is 22.8 Å². The summed E-state index contributed by atoms with van der Waals surface area (Å²) in [6, 6.07) is 7.25. The van der Waals surface area contributed by atoms with E-state index in [-0.39, 0.29) is 0 Å². The molecule has 2 aromatic heterocycles. The third-order valence-electron chi connectivity index (χ3n) is 2.40. The van der Waals surface area contributed by atoms with Gasteiger partial charge in [0.25, 0.3) is 5.89 Å². The van der Waals surface area contributed by atoms with Gasteiger partial charge in [0.1, 0.15) is 6.33 Å². The van der Waals surface area contributed by atoms with Crippen LogP contribution in [0, 0.1) is 0 Å². The molecule has 3 rings (SSSR count). The van der Waals surface area contributed by atoms with Gasteiger partial charge in [-0.1, -0.05) is 5.16 Å². The number of benzene rings is 1. The van der Waals surface area contributed by atoms with E-state index in [1.165, 1.54) is 6.33 Å². The zero-order chi connectivity index (χ0) is 12.4. The molecular formula is C12H9N5O. The molecule has 0 bridgehead atoms. The lowest BCUT2D eigenvalue weighted by molar-refractivity contribution is 0.432. The van der Waals surface area contributed by atoms with Gasteiger partial charge in [0, 0.05) is 23.6 Å². The molecule has 0 fully saturated rings. The molecular weight excluding hydrogens is 230 g/mol. The molecule has 3 aromatic rings. The molecule has 2 N–H and O–H groups in total. The highest BCUT2D eigenvalue weighted by Gasteiger charge is 2.10. The topological polar surface area (TPSA) is 90.7 Å². The van der Waals surface area contributed by atoms with Crippen molar-refractivity contribution in [1.82, 2.24) is 20.1 Å². The summed E-state index contributed by atoms with van der Waals surface area (Å²) in [6.45, 7) is 0. The van der Waals surface area contributed by atoms with Crippen LogP contribution in [0.4, 0.5) is 5.69 Å². The van der Waals surface area contributed by atoms with E-state index in [1.54, 1.807) is 24.5 Å². The fourth-order valence-corrected chi connectivity index (χ4v) is 1.50. The van der Waals surface area contributed by atoms with E-state index in [1.807, 2.05) is 12.1 Å². The highest BCUT2D eigenvalue weighted by Crippen LogP contribution is 2.21. The van der Waals surface area contributed by atoms with E-state index < -0.39 is 0 Å². The summed E-state index contributed by atoms with van der Waals surface area (Å²) in [4.78, 5) is 12.1. The molecule has 0 aliphatic carbocycles. The largest absolute Gasteiger partial charge is 0.399 e. The van der Waals surface area contributed by atoms with Crippen LogP contribution < -0.4 is 5.73 Å². The molecule has 0 aliphatic rings. The normalized spacial score (nSPS) is 10.4. The first-order valence-corrected chi connectivity index (χ1v) is 5.28. The fraction of sp³-hybridized carbons (Fsp3) is 0. The smallest absolute Gasteiger partial charge is 0.261 e. The number of nitrogen functional groups attached to an aromatic ring is 1. The Hall–Kier alpha value is -2.76. The Morgan fingerprint density at radius 3 is 2.39 bits per heavy atom. The Balaban J connectivity index is 1.97. The minimum atomic E-state index is 0.391. The van der Waals surface area contributed by atoms with Crippen molar-refractivity contribution in [2.24, 2.45) is 0 Å². The molecule has 0 saturated heterocycles. The zero-order valence-corrected chi connectivity index (χ0v) is 9.32. The second kappa shape index (κ2) is 4.25. The maximum absolute atomic E-state index is 5.62. The van der Waals surface area contributed by atoms with Gasteiger partial charge in [-0.3, -0.25) is 0 Å². The fourth-order valence-electron chi connectivity index (χ4n) is 1.50. The zero-order valence-electron chi connectivity index (χ0n) is 9.32. The predicted octanol–water partition coefficient (Wildman–Crippen LogP) is 1.78. The summed E-state index contributed by atoms with van der Waals surface area (Å²) in [5.74, 6) is 0.899. The van der Waals surface area contributed by atoms with Crippen LogP contribution >= 0.6 is 0 Å². The van der Waals surface area contributed by atoms with Gasteiger partial charge in [0.2, 0.25) is 5.82 Å². The number of rotatable bonds is 2. The van der Waals surface area contributed by atoms with Crippen LogP contribution in [0.1, 0.15) is 0 Å². The lowest BCUT2D eigenvalue weighted by Gasteiger charge is -1.94. The van der Waals surface area contributed by atoms with Gasteiger partial charge in [0.05, 0.1) is 5.56 Å². The van der Waals surface area contributed by atoms with Gasteiger partial charge in [-0.25, -0.2) is 9.97 Å². The first-order valence-electron chi connectivity index (χ1n) is 5.28. The van der Waals surface area contributed by atoms with E-state index in [2.05, 4.69) is 20.1 Å². The third-order valence-corrected chi connectivity index (χ3v) is 2.40. The van der Waals surface area contributed by atoms with Gasteiger partial charge in [-0.05, 0) is 24.3 Å². The SMILES string of the molecule is Nc1ccc(-c2noc(-c3cncnc3)n2)cc1. The predicted molar refractivity (Wildman–Crippen MR) is 65.2 cm³/mol. The Morgan fingerprint density at radius 2 is 1.67 bits per heavy atom. The summed E-state index contributed by atoms with van der Waals surface area (Å²) in [6.07, 6.45) is 4.68. The molecule has 1 aromatic carbocycles. The van der Waals surface area contributed by atoms with Crippen LogP contribution in [0.5, 0.6) is 0 Å². The Labute approximate surface area is 103 Å². The first kappa shape index (κ1) is 10.4. The number of nitrogens with zero attached hydrogens (tertiary/aromatic N) is 4. The van der Waals surface area contributed by atoms with Gasteiger partial charge < -0.3 is 10.3 Å². The van der Waals surface area contributed by atoms with Crippen molar-refractivity contribution in [3.63, 3.8) is 0 Å². The molecule has 2 heterocycles. The molecule has 0 atom stereocenters. The van der Waals surface area contributed by atoms with Gasteiger partial charge in [-0.15, -0.1) is 0 Å². The molecule has 0 saturated carbocycles. The van der Waals surface area contributed by atoms with E-state index in [9.17, 15) is 0 Å². The van der Waals surface area contributed by atoms with E-state index in [0.717, 1.165) is 5.56 Å². The number of anilines is 1. The van der Waals surface area contributed by atoms with Crippen molar-refractivity contribution in [2.45, 2.75) is 0 Å². The van der Waals surface area contributed by atoms with E-state index in [0.29, 0.717) is 23.0 Å². The second-order valence-electron chi connectivity index (χ2n) is 3.67. The standard InChI is InChI=1S/C12H9N5O/c13-10-3-1-8(2-4-10)11-16-12(18-17-11)9-5-14-7-15-6-9/h1-7H,13H2. The highest BCUT2D eigenvalue weighted by atomic mass is 16.5. The van der Waals surface area contributed by atoms with Crippen LogP contribution in [-0.2, 0) is 0 Å². The summed E-state index contributed by atoms with van der Waals surface area (Å²) in [5.41, 5.74) is 7.84. The lowest BCUT2D eigenvalue weighted by Crippen LogP contribution is -1.85. The third kappa shape index (κ3) is 1.91. The number of nitrogens with two attached hydrogens (primary N) is 1. The van der Waals surface area contributed by atoms with Crippen LogP contribution in [0.15, 0.2) is 47.5 Å². The number of hydrogen-bond donors (Lipinski definition) is 1. The Bertz CT molecular complexity index is 648. The Morgan fingerprint density at radius 1 is 0.944 bits per heavy atom. The van der Waals surface area contributed by atoms with Gasteiger partial charge >= 0.3 is 0 Å². The summed E-state index contributed by atoms with van der Waals surface area (Å²) in [7, 11) is 0. The van der Waals surface area contributed by atoms with Crippen molar-refractivity contribution in [2.75, 3.05) is 5.73 Å². The van der Waals surface area contributed by atoms with Crippen molar-refractivity contribution >= 4 is 5.69 Å². The van der Waals surface area contributed by atoms with E-state index in [4.69, 9.17) is 10.3 Å². The molecule has 88 valence electrons. The molecule has 0 aliphatic heterocycles. The number of hydrogen-bond acceptors (Lipinski definition) is 6. The first-order chi connectivity index (χ1) is 8.83. The monoisotopic (exact) mass is 239 g/mol. The van der Waals surface area contributed by atoms with Crippen LogP contribution in [0.2, 0.25) is 0 Å². The van der Waals surface area contributed by atoms with Gasteiger partial charge in [-0.2, -0.15) is 4.98 Å². The number of aromatic nitrogens is 4. The van der Waals surface area contributed by atoms with Crippen LogP contribution in [-0.4, -0.2) is 20.1 Å². The van der Waals surface area contributed by atoms with Crippen LogP contribution in [0.25, 0.3) is 22.8 Å². The average Bonchev–Trinajstić information content (AvgIpc) is 2.90. The molecule has 6 nitrogen and oxygen atoms in total. The minimum Gasteiger partial charge on any atom is -0.399 e. The van der Waals surface area contributed by atoms with Crippen molar-refractivity contribution in [1.29, 1.82) is 0 Å². The van der Waals surface area contributed by atoms with Crippen molar-refractivity contribution < 1.29 is 4.52 Å². The molecule has 6 heteroatoms. The second-order valence-corrected chi connectivity index (χ2v) is 3.67. The maximum atomic E-state index is 5.62. The molecule has 0 spiro atoms. The lowest BCUT2D eigenvalue weighted by atomic mass is 10.2. The average molecular weight is 239 g/mol. The minimum absolute atomic E-state index is 0.391. The molecule has 0 amide bonds. The summed E-state index contributed by atoms with van der Waals surface area (Å²) in [5, 5.41) is 3.91. The highest BCUT2D eigenvalue weighted by molar-refractivity contribution is 5.60. The Kier molecular flexibility index (Phi) is 2.45. The quantitative estimate of drug-likeness (QED) is 0.685. The molecule has 18 heavy (non-hydrogen) atoms. The van der Waals surface area contributed by atoms with Crippen molar-refractivity contribution in [3.05, 3.63) is 43.0 Å². The maximum Gasteiger partial charge on any atom is 0.261 e. The molecule has 0 unspecified atom stereocenters. The summed E-state index contributed by atoms with van der Waals surface area (Å²) < 4.78 is 5.16. The summed E-state index contributed by atoms with van der Waals surface area (Å²) >= 11 is 0. The van der Waals surface area contributed by atoms with E-state index >= 15 is 0 Å². The van der Waals surface area contributed by atoms with Crippen LogP contribution in [0.3, 0.4) is 0 Å². The van der Waals surface area contributed by atoms with Gasteiger partial charge in [0.15, 0.2) is 0 Å².